The Kier molecular flexibility index (Phi) is 7.63. The molecular weight excluding hydrogens is 491 g/mol. The maximum atomic E-state index is 6.51. The molecule has 2 unspecified atom stereocenters. The molecule has 6 nitrogen and oxygen atoms in total. The molecule has 34 heavy (non-hydrogen) atoms. The highest BCUT2D eigenvalue weighted by Gasteiger charge is 2.35. The van der Waals surface area contributed by atoms with Crippen molar-refractivity contribution >= 4 is 52.6 Å². The van der Waals surface area contributed by atoms with Gasteiger partial charge in [-0.05, 0) is 70.2 Å². The van der Waals surface area contributed by atoms with E-state index in [2.05, 4.69) is 30.6 Å². The molecule has 4 heterocycles. The molecule has 2 aliphatic heterocycles. The number of halogens is 3. The number of fused-ring (bicyclic) bond motifs is 1. The fourth-order valence-corrected chi connectivity index (χ4v) is 6.28. The Bertz CT molecular complexity index is 1170. The second-order valence-corrected chi connectivity index (χ2v) is 10.6. The van der Waals surface area contributed by atoms with E-state index in [-0.39, 0.29) is 18.4 Å². The molecular formula is C25H33Cl3N6. The van der Waals surface area contributed by atoms with E-state index in [1.807, 2.05) is 29.9 Å². The monoisotopic (exact) mass is 522 g/mol. The summed E-state index contributed by atoms with van der Waals surface area (Å²) in [5.74, 6) is 1.52. The number of likely N-dealkylation sites (tertiary alicyclic amines) is 1. The lowest BCUT2D eigenvalue weighted by Gasteiger charge is -2.43. The van der Waals surface area contributed by atoms with Gasteiger partial charge in [0.15, 0.2) is 5.65 Å². The summed E-state index contributed by atoms with van der Waals surface area (Å²) >= 11 is 12.6. The van der Waals surface area contributed by atoms with Gasteiger partial charge in [0.1, 0.15) is 11.3 Å². The Labute approximate surface area is 218 Å². The van der Waals surface area contributed by atoms with Gasteiger partial charge in [0.2, 0.25) is 0 Å². The van der Waals surface area contributed by atoms with Crippen molar-refractivity contribution in [3.8, 4) is 0 Å². The van der Waals surface area contributed by atoms with Gasteiger partial charge >= 0.3 is 0 Å². The maximum Gasteiger partial charge on any atom is 0.179 e. The third kappa shape index (κ3) is 4.62. The molecule has 2 aromatic heterocycles. The number of aromatic nitrogens is 4. The first kappa shape index (κ1) is 25.5. The van der Waals surface area contributed by atoms with Gasteiger partial charge in [0.25, 0.3) is 0 Å². The minimum absolute atomic E-state index is 0. The highest BCUT2D eigenvalue weighted by Crippen LogP contribution is 2.33. The molecule has 0 bridgehead atoms. The van der Waals surface area contributed by atoms with Gasteiger partial charge in [-0.2, -0.15) is 5.10 Å². The largest absolute Gasteiger partial charge is 0.355 e. The summed E-state index contributed by atoms with van der Waals surface area (Å²) in [6.45, 7) is 12.1. The van der Waals surface area contributed by atoms with Gasteiger partial charge in [0.05, 0.1) is 17.9 Å². The molecule has 0 amide bonds. The van der Waals surface area contributed by atoms with Gasteiger partial charge in [-0.1, -0.05) is 36.2 Å². The molecule has 0 saturated carbocycles. The topological polar surface area (TPSA) is 50.1 Å². The SMILES string of the molecule is Cc1nn([C@H](C)c2ccc(Cl)cc2Cl)c2nc(N3CCC(N4CCC[C@@H]4C)C(C)C3)cnc12.Cl. The third-order valence-corrected chi connectivity index (χ3v) is 8.12. The Balaban J connectivity index is 0.00000274. The van der Waals surface area contributed by atoms with E-state index in [0.29, 0.717) is 28.0 Å². The predicted octanol–water partition coefficient (Wildman–Crippen LogP) is 6.17. The minimum atomic E-state index is -0.0863. The van der Waals surface area contributed by atoms with Gasteiger partial charge in [-0.25, -0.2) is 14.6 Å². The molecule has 0 aliphatic carbocycles. The van der Waals surface area contributed by atoms with E-state index in [1.54, 1.807) is 6.07 Å². The molecule has 2 aliphatic rings. The third-order valence-electron chi connectivity index (χ3n) is 7.55. The van der Waals surface area contributed by atoms with Crippen molar-refractivity contribution in [1.29, 1.82) is 0 Å². The number of rotatable bonds is 4. The lowest BCUT2D eigenvalue weighted by atomic mass is 9.92. The number of hydrogen-bond donors (Lipinski definition) is 0. The molecule has 0 radical (unpaired) electrons. The van der Waals surface area contributed by atoms with E-state index in [1.165, 1.54) is 25.8 Å². The second kappa shape index (κ2) is 10.2. The Morgan fingerprint density at radius 3 is 2.59 bits per heavy atom. The zero-order chi connectivity index (χ0) is 23.3. The fourth-order valence-electron chi connectivity index (χ4n) is 5.72. The summed E-state index contributed by atoms with van der Waals surface area (Å²) in [6.07, 6.45) is 5.73. The quantitative estimate of drug-likeness (QED) is 0.409. The van der Waals surface area contributed by atoms with Gasteiger partial charge in [0, 0.05) is 35.2 Å². The molecule has 0 spiro atoms. The molecule has 2 fully saturated rings. The standard InChI is InChI=1S/C25H32Cl2N6.ClH/c1-15-14-31(11-9-22(15)32-10-5-6-16(32)2)23-13-28-24-17(3)30-33(25(24)29-23)18(4)20-8-7-19(26)12-21(20)27;/h7-8,12-13,15-16,18,22H,5-6,9-11,14H2,1-4H3;1H/t15?,16-,18+,22?;/m0./s1. The van der Waals surface area contributed by atoms with Crippen molar-refractivity contribution in [3.05, 3.63) is 45.7 Å². The Morgan fingerprint density at radius 2 is 1.91 bits per heavy atom. The van der Waals surface area contributed by atoms with Crippen LogP contribution in [-0.4, -0.2) is 56.4 Å². The molecule has 5 rings (SSSR count). The number of benzene rings is 1. The van der Waals surface area contributed by atoms with E-state index >= 15 is 0 Å². The first-order chi connectivity index (χ1) is 15.8. The molecule has 1 aromatic carbocycles. The average Bonchev–Trinajstić information content (AvgIpc) is 3.36. The molecule has 3 aromatic rings. The van der Waals surface area contributed by atoms with Crippen LogP contribution in [0.2, 0.25) is 10.0 Å². The van der Waals surface area contributed by atoms with Gasteiger partial charge < -0.3 is 4.90 Å². The summed E-state index contributed by atoms with van der Waals surface area (Å²) in [5.41, 5.74) is 3.47. The van der Waals surface area contributed by atoms with Crippen LogP contribution in [-0.2, 0) is 0 Å². The maximum absolute atomic E-state index is 6.51. The van der Waals surface area contributed by atoms with Crippen LogP contribution in [0.15, 0.2) is 24.4 Å². The zero-order valence-electron chi connectivity index (χ0n) is 20.2. The molecule has 0 N–H and O–H groups in total. The summed E-state index contributed by atoms with van der Waals surface area (Å²) < 4.78 is 1.94. The van der Waals surface area contributed by atoms with Gasteiger partial charge in [-0.15, -0.1) is 12.4 Å². The van der Waals surface area contributed by atoms with Crippen molar-refractivity contribution < 1.29 is 0 Å². The van der Waals surface area contributed by atoms with Crippen LogP contribution in [0.5, 0.6) is 0 Å². The smallest absolute Gasteiger partial charge is 0.179 e. The highest BCUT2D eigenvalue weighted by atomic mass is 35.5. The van der Waals surface area contributed by atoms with E-state index in [4.69, 9.17) is 38.3 Å². The first-order valence-corrected chi connectivity index (χ1v) is 12.8. The predicted molar refractivity (Wildman–Crippen MR) is 143 cm³/mol. The minimum Gasteiger partial charge on any atom is -0.355 e. The van der Waals surface area contributed by atoms with Crippen molar-refractivity contribution in [1.82, 2.24) is 24.6 Å². The summed E-state index contributed by atoms with van der Waals surface area (Å²) in [4.78, 5) is 15.0. The van der Waals surface area contributed by atoms with Crippen LogP contribution in [0, 0.1) is 12.8 Å². The lowest BCUT2D eigenvalue weighted by Crippen LogP contribution is -2.51. The molecule has 2 saturated heterocycles. The van der Waals surface area contributed by atoms with E-state index in [9.17, 15) is 0 Å². The number of aryl methyl sites for hydroxylation is 1. The molecule has 184 valence electrons. The second-order valence-electron chi connectivity index (χ2n) is 9.78. The number of hydrogen-bond acceptors (Lipinski definition) is 5. The van der Waals surface area contributed by atoms with Crippen LogP contribution in [0.3, 0.4) is 0 Å². The lowest BCUT2D eigenvalue weighted by molar-refractivity contribution is 0.122. The Morgan fingerprint density at radius 1 is 1.12 bits per heavy atom. The van der Waals surface area contributed by atoms with Crippen LogP contribution in [0.1, 0.15) is 57.3 Å². The van der Waals surface area contributed by atoms with Crippen molar-refractivity contribution in [3.63, 3.8) is 0 Å². The molecule has 9 heteroatoms. The van der Waals surface area contributed by atoms with Crippen LogP contribution < -0.4 is 4.90 Å². The first-order valence-electron chi connectivity index (χ1n) is 12.0. The van der Waals surface area contributed by atoms with Gasteiger partial charge in [-0.3, -0.25) is 4.90 Å². The van der Waals surface area contributed by atoms with Crippen LogP contribution in [0.25, 0.3) is 11.2 Å². The summed E-state index contributed by atoms with van der Waals surface area (Å²) in [5, 5.41) is 6.04. The normalized spacial score (nSPS) is 24.4. The molecule has 4 atom stereocenters. The zero-order valence-corrected chi connectivity index (χ0v) is 22.5. The Hall–Kier alpha value is -1.60. The van der Waals surface area contributed by atoms with Crippen molar-refractivity contribution in [2.24, 2.45) is 5.92 Å². The van der Waals surface area contributed by atoms with Crippen molar-refractivity contribution in [2.75, 3.05) is 24.5 Å². The fraction of sp³-hybridized carbons (Fsp3) is 0.560. The van der Waals surface area contributed by atoms with Crippen molar-refractivity contribution in [2.45, 2.75) is 65.1 Å². The van der Waals surface area contributed by atoms with Crippen LogP contribution >= 0.6 is 35.6 Å². The number of piperidine rings is 1. The summed E-state index contributed by atoms with van der Waals surface area (Å²) in [6, 6.07) is 6.88. The highest BCUT2D eigenvalue weighted by molar-refractivity contribution is 6.35. The van der Waals surface area contributed by atoms with E-state index in [0.717, 1.165) is 41.3 Å². The van der Waals surface area contributed by atoms with E-state index < -0.39 is 0 Å². The van der Waals surface area contributed by atoms with Crippen LogP contribution in [0.4, 0.5) is 5.82 Å². The number of anilines is 1. The summed E-state index contributed by atoms with van der Waals surface area (Å²) in [7, 11) is 0. The average molecular weight is 524 g/mol. The number of nitrogens with zero attached hydrogens (tertiary/aromatic N) is 6.